The summed E-state index contributed by atoms with van der Waals surface area (Å²) in [5, 5.41) is 5.30. The van der Waals surface area contributed by atoms with Crippen molar-refractivity contribution in [2.75, 3.05) is 29.2 Å². The summed E-state index contributed by atoms with van der Waals surface area (Å²) in [6.45, 7) is 1.42. The molecular weight excluding hydrogens is 344 g/mol. The summed E-state index contributed by atoms with van der Waals surface area (Å²) >= 11 is 4.20. The van der Waals surface area contributed by atoms with Crippen molar-refractivity contribution in [3.8, 4) is 11.8 Å². The first kappa shape index (κ1) is 18.4. The number of rotatable bonds is 5. The van der Waals surface area contributed by atoms with Crippen LogP contribution in [0.25, 0.3) is 0 Å². The van der Waals surface area contributed by atoms with Crippen LogP contribution in [0.3, 0.4) is 0 Å². The van der Waals surface area contributed by atoms with Gasteiger partial charge >= 0.3 is 6.03 Å². The lowest BCUT2D eigenvalue weighted by atomic mass is 10.3. The van der Waals surface area contributed by atoms with Gasteiger partial charge < -0.3 is 20.1 Å². The van der Waals surface area contributed by atoms with Gasteiger partial charge in [-0.25, -0.2) is 9.10 Å². The molecular formula is C16H18N4O4S. The third-order valence-electron chi connectivity index (χ3n) is 3.10. The Balaban J connectivity index is 2.11. The number of methoxy groups -OCH3 is 2. The molecule has 0 aliphatic carbocycles. The zero-order valence-corrected chi connectivity index (χ0v) is 14.8. The summed E-state index contributed by atoms with van der Waals surface area (Å²) in [6, 6.07) is 9.36. The smallest absolute Gasteiger partial charge is 0.336 e. The van der Waals surface area contributed by atoms with Gasteiger partial charge in [0.15, 0.2) is 0 Å². The summed E-state index contributed by atoms with van der Waals surface area (Å²) in [7, 11) is 2.93. The molecule has 9 heteroatoms. The van der Waals surface area contributed by atoms with E-state index in [4.69, 9.17) is 9.47 Å². The van der Waals surface area contributed by atoms with Gasteiger partial charge in [-0.1, -0.05) is 12.8 Å². The van der Waals surface area contributed by atoms with Crippen molar-refractivity contribution in [2.45, 2.75) is 6.92 Å². The molecule has 0 radical (unpaired) electrons. The number of amides is 3. The zero-order chi connectivity index (χ0) is 18.4. The van der Waals surface area contributed by atoms with Crippen molar-refractivity contribution in [1.82, 2.24) is 4.98 Å². The van der Waals surface area contributed by atoms with E-state index in [-0.39, 0.29) is 11.8 Å². The number of hydrogen-bond acceptors (Lipinski definition) is 6. The molecule has 0 aliphatic heterocycles. The lowest BCUT2D eigenvalue weighted by molar-refractivity contribution is -0.114. The second-order valence-electron chi connectivity index (χ2n) is 4.88. The molecule has 3 amide bonds. The maximum absolute atomic E-state index is 12.4. The lowest BCUT2D eigenvalue weighted by Gasteiger charge is -2.18. The first-order chi connectivity index (χ1) is 11.9. The monoisotopic (exact) mass is 362 g/mol. The largest absolute Gasteiger partial charge is 0.481 e. The first-order valence-electron chi connectivity index (χ1n) is 7.21. The van der Waals surface area contributed by atoms with Gasteiger partial charge in [-0.3, -0.25) is 4.79 Å². The number of nitrogens with one attached hydrogen (secondary N) is 2. The van der Waals surface area contributed by atoms with E-state index in [0.717, 1.165) is 4.31 Å². The first-order valence-corrected chi connectivity index (χ1v) is 7.61. The quantitative estimate of drug-likeness (QED) is 0.711. The van der Waals surface area contributed by atoms with Crippen LogP contribution in [-0.4, -0.2) is 31.1 Å². The molecule has 1 aromatic heterocycles. The summed E-state index contributed by atoms with van der Waals surface area (Å²) in [6.07, 6.45) is 0. The molecule has 132 valence electrons. The van der Waals surface area contributed by atoms with Crippen LogP contribution in [0.4, 0.5) is 21.9 Å². The highest BCUT2D eigenvalue weighted by atomic mass is 32.1. The summed E-state index contributed by atoms with van der Waals surface area (Å²) in [5.41, 5.74) is 1.53. The number of ether oxygens (including phenoxy) is 2. The zero-order valence-electron chi connectivity index (χ0n) is 13.9. The van der Waals surface area contributed by atoms with Crippen LogP contribution >= 0.6 is 12.8 Å². The summed E-state index contributed by atoms with van der Waals surface area (Å²) < 4.78 is 11.3. The molecule has 25 heavy (non-hydrogen) atoms. The van der Waals surface area contributed by atoms with Gasteiger partial charge in [-0.15, -0.1) is 0 Å². The minimum absolute atomic E-state index is 0.174. The number of carbonyl (C=O) groups excluding carboxylic acids is 2. The highest BCUT2D eigenvalue weighted by molar-refractivity contribution is 7.82. The average molecular weight is 362 g/mol. The van der Waals surface area contributed by atoms with Crippen molar-refractivity contribution < 1.29 is 19.1 Å². The summed E-state index contributed by atoms with van der Waals surface area (Å²) in [5.74, 6) is 0.411. The topological polar surface area (TPSA) is 92.8 Å². The molecule has 2 aromatic rings. The van der Waals surface area contributed by atoms with Gasteiger partial charge in [0.2, 0.25) is 17.7 Å². The van der Waals surface area contributed by atoms with Gasteiger partial charge in [-0.2, -0.15) is 4.98 Å². The summed E-state index contributed by atoms with van der Waals surface area (Å²) in [4.78, 5) is 27.5. The predicted octanol–water partition coefficient (Wildman–Crippen LogP) is 2.94. The number of carbonyl (C=O) groups is 2. The molecule has 0 unspecified atom stereocenters. The Morgan fingerprint density at radius 3 is 2.28 bits per heavy atom. The Labute approximate surface area is 150 Å². The molecule has 0 saturated carbocycles. The van der Waals surface area contributed by atoms with Gasteiger partial charge in [0.05, 0.1) is 19.9 Å². The van der Waals surface area contributed by atoms with E-state index in [2.05, 4.69) is 28.4 Å². The van der Waals surface area contributed by atoms with Crippen LogP contribution in [0, 0.1) is 0 Å². The van der Waals surface area contributed by atoms with Gasteiger partial charge in [0.1, 0.15) is 5.69 Å². The van der Waals surface area contributed by atoms with Crippen LogP contribution in [-0.2, 0) is 4.79 Å². The number of urea groups is 1. The highest BCUT2D eigenvalue weighted by Gasteiger charge is 2.16. The van der Waals surface area contributed by atoms with Crippen molar-refractivity contribution >= 4 is 41.8 Å². The number of thiol groups is 1. The van der Waals surface area contributed by atoms with Gasteiger partial charge in [0, 0.05) is 18.7 Å². The van der Waals surface area contributed by atoms with Crippen LogP contribution in [0.5, 0.6) is 11.8 Å². The Morgan fingerprint density at radius 1 is 1.04 bits per heavy atom. The van der Waals surface area contributed by atoms with Crippen molar-refractivity contribution in [2.24, 2.45) is 0 Å². The maximum Gasteiger partial charge on any atom is 0.336 e. The van der Waals surface area contributed by atoms with E-state index < -0.39 is 6.03 Å². The van der Waals surface area contributed by atoms with Crippen molar-refractivity contribution in [3.05, 3.63) is 36.4 Å². The van der Waals surface area contributed by atoms with E-state index in [1.807, 2.05) is 0 Å². The number of hydrogen-bond donors (Lipinski definition) is 3. The average Bonchev–Trinajstić information content (AvgIpc) is 2.61. The fourth-order valence-electron chi connectivity index (χ4n) is 1.96. The SMILES string of the molecule is COc1ccc(NC(=O)N(S)c2ccc(NC(C)=O)cc2)c(OC)n1. The minimum Gasteiger partial charge on any atom is -0.481 e. The Bertz CT molecular complexity index is 767. The van der Waals surface area contributed by atoms with Crippen LogP contribution < -0.4 is 24.4 Å². The molecule has 2 N–H and O–H groups in total. The molecule has 0 bridgehead atoms. The van der Waals surface area contributed by atoms with E-state index in [0.29, 0.717) is 22.9 Å². The van der Waals surface area contributed by atoms with Gasteiger partial charge in [0.25, 0.3) is 0 Å². The molecule has 1 heterocycles. The molecule has 0 saturated heterocycles. The predicted molar refractivity (Wildman–Crippen MR) is 98.6 cm³/mol. The maximum atomic E-state index is 12.4. The third-order valence-corrected chi connectivity index (χ3v) is 3.52. The van der Waals surface area contributed by atoms with E-state index in [9.17, 15) is 9.59 Å². The van der Waals surface area contributed by atoms with Crippen LogP contribution in [0.15, 0.2) is 36.4 Å². The number of aromatic nitrogens is 1. The van der Waals surface area contributed by atoms with Crippen molar-refractivity contribution in [1.29, 1.82) is 0 Å². The van der Waals surface area contributed by atoms with E-state index in [1.54, 1.807) is 36.4 Å². The number of pyridine rings is 1. The molecule has 1 aromatic carbocycles. The number of nitrogens with zero attached hydrogens (tertiary/aromatic N) is 2. The Kier molecular flexibility index (Phi) is 6.07. The second-order valence-corrected chi connectivity index (χ2v) is 5.28. The second kappa shape index (κ2) is 8.25. The normalized spacial score (nSPS) is 9.92. The highest BCUT2D eigenvalue weighted by Crippen LogP contribution is 2.26. The molecule has 0 fully saturated rings. The standard InChI is InChI=1S/C16H18N4O4S/c1-10(21)17-11-4-6-12(7-5-11)20(25)16(22)18-13-8-9-14(23-2)19-15(13)24-3/h4-9,25H,1-3H3,(H,17,21)(H,18,22). The van der Waals surface area contributed by atoms with Crippen molar-refractivity contribution in [3.63, 3.8) is 0 Å². The molecule has 0 spiro atoms. The van der Waals surface area contributed by atoms with E-state index >= 15 is 0 Å². The molecule has 0 atom stereocenters. The number of benzene rings is 1. The number of anilines is 3. The minimum atomic E-state index is -0.499. The fourth-order valence-corrected chi connectivity index (χ4v) is 2.15. The lowest BCUT2D eigenvalue weighted by Crippen LogP contribution is -2.27. The molecule has 2 rings (SSSR count). The Hall–Kier alpha value is -2.94. The Morgan fingerprint density at radius 2 is 1.72 bits per heavy atom. The molecule has 0 aliphatic rings. The fraction of sp³-hybridized carbons (Fsp3) is 0.188. The third kappa shape index (κ3) is 4.77. The van der Waals surface area contributed by atoms with E-state index in [1.165, 1.54) is 21.1 Å². The molecule has 8 nitrogen and oxygen atoms in total. The van der Waals surface area contributed by atoms with Crippen LogP contribution in [0.1, 0.15) is 6.92 Å². The van der Waals surface area contributed by atoms with Crippen LogP contribution in [0.2, 0.25) is 0 Å². The van der Waals surface area contributed by atoms with Gasteiger partial charge in [-0.05, 0) is 30.3 Å².